The smallest absolute Gasteiger partial charge is 0.341 e. The van der Waals surface area contributed by atoms with Crippen LogP contribution in [0.4, 0.5) is 10.1 Å². The SMILES string of the molecule is CC(=O)CN1CCN(c2c(F)cc3c(=O)c(C(=O)O)cn(C)c3c2C)CC1.II. The summed E-state index contributed by atoms with van der Waals surface area (Å²) in [6.07, 6.45) is 1.27. The Balaban J connectivity index is 0.00000145. The van der Waals surface area contributed by atoms with E-state index in [0.29, 0.717) is 49.5 Å². The normalized spacial score (nSPS) is 14.5. The number of anilines is 1. The molecule has 2 aromatic rings. The van der Waals surface area contributed by atoms with E-state index in [2.05, 4.69) is 37.2 Å². The van der Waals surface area contributed by atoms with Gasteiger partial charge in [0.2, 0.25) is 5.43 Å². The molecule has 1 aliphatic heterocycles. The van der Waals surface area contributed by atoms with E-state index in [9.17, 15) is 23.9 Å². The van der Waals surface area contributed by atoms with Crippen molar-refractivity contribution in [1.29, 1.82) is 0 Å². The number of carbonyl (C=O) groups excluding carboxylic acids is 1. The molecule has 0 atom stereocenters. The van der Waals surface area contributed by atoms with Gasteiger partial charge in [-0.05, 0) is 25.5 Å². The minimum Gasteiger partial charge on any atom is -0.477 e. The fourth-order valence-corrected chi connectivity index (χ4v) is 3.83. The Morgan fingerprint density at radius 3 is 2.31 bits per heavy atom. The Hall–Kier alpha value is -1.28. The average molecular weight is 629 g/mol. The number of aromatic carboxylic acids is 1. The van der Waals surface area contributed by atoms with E-state index in [1.165, 1.54) is 6.20 Å². The molecule has 1 saturated heterocycles. The summed E-state index contributed by atoms with van der Waals surface area (Å²) in [6, 6.07) is 1.13. The van der Waals surface area contributed by atoms with Gasteiger partial charge in [0.15, 0.2) is 0 Å². The fraction of sp³-hybridized carbons (Fsp3) is 0.421. The van der Waals surface area contributed by atoms with Crippen molar-refractivity contribution >= 4 is 65.6 Å². The van der Waals surface area contributed by atoms with E-state index in [0.717, 1.165) is 6.07 Å². The number of hydrogen-bond donors (Lipinski definition) is 1. The van der Waals surface area contributed by atoms with Crippen molar-refractivity contribution in [2.24, 2.45) is 7.05 Å². The molecule has 10 heteroatoms. The molecule has 0 spiro atoms. The summed E-state index contributed by atoms with van der Waals surface area (Å²) < 4.78 is 16.5. The second-order valence-corrected chi connectivity index (χ2v) is 6.98. The van der Waals surface area contributed by atoms with Gasteiger partial charge >= 0.3 is 5.97 Å². The number of aryl methyl sites for hydroxylation is 2. The molecule has 1 N–H and O–H groups in total. The third kappa shape index (κ3) is 5.08. The fourth-order valence-electron chi connectivity index (χ4n) is 3.83. The zero-order valence-corrected chi connectivity index (χ0v) is 20.7. The zero-order valence-electron chi connectivity index (χ0n) is 16.3. The molecule has 29 heavy (non-hydrogen) atoms. The lowest BCUT2D eigenvalue weighted by molar-refractivity contribution is -0.118. The highest BCUT2D eigenvalue weighted by molar-refractivity contribution is 15.0. The van der Waals surface area contributed by atoms with Gasteiger partial charge in [-0.3, -0.25) is 14.5 Å². The third-order valence-corrected chi connectivity index (χ3v) is 4.99. The first-order chi connectivity index (χ1) is 13.7. The van der Waals surface area contributed by atoms with Gasteiger partial charge in [0.25, 0.3) is 0 Å². The van der Waals surface area contributed by atoms with Crippen molar-refractivity contribution in [2.45, 2.75) is 13.8 Å². The van der Waals surface area contributed by atoms with Crippen LogP contribution < -0.4 is 10.3 Å². The number of benzene rings is 1. The summed E-state index contributed by atoms with van der Waals surface area (Å²) in [6.45, 7) is 6.10. The van der Waals surface area contributed by atoms with Gasteiger partial charge in [0, 0.05) is 82.0 Å². The van der Waals surface area contributed by atoms with Gasteiger partial charge in [0.05, 0.1) is 17.7 Å². The summed E-state index contributed by atoms with van der Waals surface area (Å²) in [4.78, 5) is 38.9. The summed E-state index contributed by atoms with van der Waals surface area (Å²) in [5, 5.41) is 9.25. The Morgan fingerprint density at radius 2 is 1.79 bits per heavy atom. The van der Waals surface area contributed by atoms with Gasteiger partial charge in [-0.25, -0.2) is 9.18 Å². The molecule has 0 radical (unpaired) electrons. The first kappa shape index (κ1) is 24.0. The van der Waals surface area contributed by atoms with Crippen molar-refractivity contribution in [1.82, 2.24) is 9.47 Å². The van der Waals surface area contributed by atoms with Gasteiger partial charge in [-0.15, -0.1) is 0 Å². The first-order valence-electron chi connectivity index (χ1n) is 8.87. The molecular formula is C19H22FI2N3O4. The molecule has 1 aromatic carbocycles. The van der Waals surface area contributed by atoms with Gasteiger partial charge in [0.1, 0.15) is 17.2 Å². The average Bonchev–Trinajstić information content (AvgIpc) is 2.66. The van der Waals surface area contributed by atoms with Crippen LogP contribution in [0.15, 0.2) is 17.1 Å². The number of pyridine rings is 1. The number of rotatable bonds is 4. The number of piperazine rings is 1. The number of nitrogens with zero attached hydrogens (tertiary/aromatic N) is 3. The van der Waals surface area contributed by atoms with Crippen LogP contribution in [0.25, 0.3) is 10.9 Å². The number of carboxylic acid groups (broad SMARTS) is 1. The van der Waals surface area contributed by atoms with Crippen LogP contribution in [-0.4, -0.2) is 59.0 Å². The lowest BCUT2D eigenvalue weighted by Gasteiger charge is -2.36. The van der Waals surface area contributed by atoms with E-state index in [1.807, 2.05) is 9.80 Å². The lowest BCUT2D eigenvalue weighted by atomic mass is 10.0. The quantitative estimate of drug-likeness (QED) is 0.524. The number of carboxylic acids is 1. The van der Waals surface area contributed by atoms with Crippen molar-refractivity contribution in [3.8, 4) is 0 Å². The topological polar surface area (TPSA) is 82.8 Å². The van der Waals surface area contributed by atoms with E-state index in [4.69, 9.17) is 0 Å². The van der Waals surface area contributed by atoms with Crippen molar-refractivity contribution in [2.75, 3.05) is 37.6 Å². The zero-order chi connectivity index (χ0) is 21.9. The number of halogens is 3. The number of ketones is 1. The standard InChI is InChI=1S/C19H22FN3O4.I2/c1-11(24)9-22-4-6-23(7-5-22)17-12(2)16-13(8-15(17)20)18(25)14(19(26)27)10-21(16)3;1-2/h8,10H,4-7,9H2,1-3H3,(H,26,27);. The van der Waals surface area contributed by atoms with Crippen molar-refractivity contribution in [3.63, 3.8) is 0 Å². The number of hydrogen-bond acceptors (Lipinski definition) is 5. The van der Waals surface area contributed by atoms with Crippen molar-refractivity contribution in [3.05, 3.63) is 39.4 Å². The molecule has 3 rings (SSSR count). The highest BCUT2D eigenvalue weighted by atomic mass is 128. The second-order valence-electron chi connectivity index (χ2n) is 6.98. The number of fused-ring (bicyclic) bond motifs is 1. The highest BCUT2D eigenvalue weighted by Gasteiger charge is 2.25. The monoisotopic (exact) mass is 629 g/mol. The Morgan fingerprint density at radius 1 is 1.21 bits per heavy atom. The van der Waals surface area contributed by atoms with E-state index < -0.39 is 17.2 Å². The maximum atomic E-state index is 14.9. The third-order valence-electron chi connectivity index (χ3n) is 4.99. The summed E-state index contributed by atoms with van der Waals surface area (Å²) in [5.74, 6) is -1.78. The van der Waals surface area contributed by atoms with Gasteiger partial charge < -0.3 is 14.6 Å². The molecule has 1 fully saturated rings. The maximum absolute atomic E-state index is 14.9. The summed E-state index contributed by atoms with van der Waals surface area (Å²) >= 11 is 4.24. The van der Waals surface area contributed by atoms with Crippen LogP contribution >= 0.6 is 37.2 Å². The Labute approximate surface area is 191 Å². The van der Waals surface area contributed by atoms with Crippen LogP contribution in [-0.2, 0) is 11.8 Å². The molecule has 0 unspecified atom stereocenters. The molecule has 1 aliphatic rings. The van der Waals surface area contributed by atoms with Crippen LogP contribution in [0.2, 0.25) is 0 Å². The Kier molecular flexibility index (Phi) is 8.40. The van der Waals surface area contributed by atoms with Gasteiger partial charge in [-0.2, -0.15) is 0 Å². The molecule has 0 saturated carbocycles. The number of aromatic nitrogens is 1. The predicted octanol–water partition coefficient (Wildman–Crippen LogP) is 3.17. The molecule has 0 amide bonds. The van der Waals surface area contributed by atoms with Crippen LogP contribution in [0.3, 0.4) is 0 Å². The second kappa shape index (κ2) is 10.2. The van der Waals surface area contributed by atoms with Gasteiger partial charge in [-0.1, -0.05) is 0 Å². The van der Waals surface area contributed by atoms with E-state index in [1.54, 1.807) is 25.5 Å². The highest BCUT2D eigenvalue weighted by Crippen LogP contribution is 2.31. The molecule has 158 valence electrons. The molecular weight excluding hydrogens is 607 g/mol. The van der Waals surface area contributed by atoms with E-state index >= 15 is 0 Å². The van der Waals surface area contributed by atoms with Crippen molar-refractivity contribution < 1.29 is 19.1 Å². The Bertz CT molecular complexity index is 1000. The number of carbonyl (C=O) groups is 2. The molecule has 1 aromatic heterocycles. The number of Topliss-reactive ketones (excluding diaryl/α,β-unsaturated/α-hetero) is 1. The molecule has 2 heterocycles. The maximum Gasteiger partial charge on any atom is 0.341 e. The van der Waals surface area contributed by atoms with Crippen LogP contribution in [0.5, 0.6) is 0 Å². The van der Waals surface area contributed by atoms with E-state index in [-0.39, 0.29) is 16.7 Å². The molecule has 7 nitrogen and oxygen atoms in total. The minimum absolute atomic E-state index is 0.0614. The molecule has 0 aliphatic carbocycles. The van der Waals surface area contributed by atoms with Crippen LogP contribution in [0.1, 0.15) is 22.8 Å². The first-order valence-corrected chi connectivity index (χ1v) is 15.2. The minimum atomic E-state index is -1.33. The molecule has 0 bridgehead atoms. The van der Waals surface area contributed by atoms with Crippen LogP contribution in [0, 0.1) is 12.7 Å². The lowest BCUT2D eigenvalue weighted by Crippen LogP contribution is -2.48. The predicted molar refractivity (Wildman–Crippen MR) is 128 cm³/mol. The summed E-state index contributed by atoms with van der Waals surface area (Å²) in [7, 11) is 1.65. The summed E-state index contributed by atoms with van der Waals surface area (Å²) in [5.41, 5.74) is 0.474. The largest absolute Gasteiger partial charge is 0.477 e.